The van der Waals surface area contributed by atoms with Crippen molar-refractivity contribution in [3.8, 4) is 0 Å². The van der Waals surface area contributed by atoms with Gasteiger partial charge in [0.25, 0.3) is 0 Å². The number of thioether (sulfide) groups is 1. The van der Waals surface area contributed by atoms with Crippen LogP contribution in [0.5, 0.6) is 0 Å². The maximum absolute atomic E-state index is 14.2. The molecule has 0 saturated carbocycles. The van der Waals surface area contributed by atoms with Crippen LogP contribution in [-0.2, 0) is 20.9 Å². The Hall–Kier alpha value is -3.46. The van der Waals surface area contributed by atoms with Crippen LogP contribution in [0.1, 0.15) is 36.9 Å². The third-order valence-corrected chi connectivity index (χ3v) is 6.43. The fraction of sp³-hybridized carbons (Fsp3) is 0.240. The van der Waals surface area contributed by atoms with Crippen LogP contribution in [0.25, 0.3) is 0 Å². The van der Waals surface area contributed by atoms with Gasteiger partial charge >= 0.3 is 5.97 Å². The third-order valence-electron chi connectivity index (χ3n) is 5.54. The van der Waals surface area contributed by atoms with E-state index in [1.165, 1.54) is 43.1 Å². The van der Waals surface area contributed by atoms with Crippen molar-refractivity contribution in [1.29, 1.82) is 0 Å². The van der Waals surface area contributed by atoms with E-state index < -0.39 is 17.8 Å². The van der Waals surface area contributed by atoms with Crippen LogP contribution in [-0.4, -0.2) is 29.1 Å². The normalized spacial score (nSPS) is 17.2. The quantitative estimate of drug-likeness (QED) is 0.573. The van der Waals surface area contributed by atoms with E-state index in [1.54, 1.807) is 29.2 Å². The zero-order valence-electron chi connectivity index (χ0n) is 18.7. The van der Waals surface area contributed by atoms with Crippen molar-refractivity contribution in [2.45, 2.75) is 32.4 Å². The summed E-state index contributed by atoms with van der Waals surface area (Å²) in [5.74, 6) is -1.58. The Bertz CT molecular complexity index is 1210. The summed E-state index contributed by atoms with van der Waals surface area (Å²) in [4.78, 5) is 32.0. The molecule has 0 spiro atoms. The molecule has 0 saturated heterocycles. The molecule has 2 aliphatic heterocycles. The minimum absolute atomic E-state index is 0.0228. The van der Waals surface area contributed by atoms with Gasteiger partial charge in [0.1, 0.15) is 11.6 Å². The zero-order chi connectivity index (χ0) is 24.2. The summed E-state index contributed by atoms with van der Waals surface area (Å²) in [5, 5.41) is 5.25. The van der Waals surface area contributed by atoms with Gasteiger partial charge in [-0.05, 0) is 47.2 Å². The molecule has 176 valence electrons. The Morgan fingerprint density at radius 3 is 2.59 bits per heavy atom. The Morgan fingerprint density at radius 1 is 1.15 bits per heavy atom. The van der Waals surface area contributed by atoms with Gasteiger partial charge < -0.3 is 15.0 Å². The van der Waals surface area contributed by atoms with Crippen LogP contribution in [0.4, 0.5) is 8.78 Å². The molecule has 34 heavy (non-hydrogen) atoms. The number of aliphatic imine (C=N–C) groups is 1. The second kappa shape index (κ2) is 10.2. The van der Waals surface area contributed by atoms with Crippen LogP contribution >= 0.6 is 11.8 Å². The summed E-state index contributed by atoms with van der Waals surface area (Å²) in [6.45, 7) is 2.14. The predicted octanol–water partition coefficient (Wildman–Crippen LogP) is 4.81. The number of carbonyl (C=O) groups is 2. The molecule has 0 aromatic heterocycles. The van der Waals surface area contributed by atoms with Crippen LogP contribution in [0.3, 0.4) is 0 Å². The summed E-state index contributed by atoms with van der Waals surface area (Å²) in [5.41, 5.74) is 2.84. The summed E-state index contributed by atoms with van der Waals surface area (Å²) in [6, 6.07) is 11.2. The van der Waals surface area contributed by atoms with E-state index in [2.05, 4.69) is 10.3 Å². The number of carbonyl (C=O) groups excluding carboxylic acids is 2. The highest BCUT2D eigenvalue weighted by molar-refractivity contribution is 8.16. The molecule has 0 unspecified atom stereocenters. The molecule has 9 heteroatoms. The van der Waals surface area contributed by atoms with Crippen molar-refractivity contribution < 1.29 is 23.1 Å². The largest absolute Gasteiger partial charge is 0.466 e. The molecule has 6 nitrogen and oxygen atoms in total. The topological polar surface area (TPSA) is 71.0 Å². The van der Waals surface area contributed by atoms with Gasteiger partial charge in [-0.2, -0.15) is 0 Å². The van der Waals surface area contributed by atoms with Crippen molar-refractivity contribution in [1.82, 2.24) is 10.2 Å². The van der Waals surface area contributed by atoms with E-state index >= 15 is 0 Å². The number of halogens is 2. The standard InChI is InChI=1S/C25H23F2N3O3S/c1-3-20-22(24(32)33-2)23(16-5-4-6-18(27)11-16)30-19(14-34-25(30)29-20)12-21(31)28-13-15-7-9-17(26)10-8-15/h4-11,14,23H,3,12-13H2,1-2H3,(H,28,31)/t23-/m1/s1. The SMILES string of the molecule is CCC1=C(C(=O)OC)[C@@H](c2cccc(F)c2)N2C(CC(=O)NCc3ccc(F)cc3)=CSC2=N1. The van der Waals surface area contributed by atoms with E-state index in [1.807, 2.05) is 12.3 Å². The van der Waals surface area contributed by atoms with Gasteiger partial charge in [0.2, 0.25) is 5.91 Å². The Labute approximate surface area is 200 Å². The van der Waals surface area contributed by atoms with Crippen molar-refractivity contribution in [2.75, 3.05) is 7.11 Å². The smallest absolute Gasteiger partial charge is 0.338 e. The molecular formula is C25H23F2N3O3S. The van der Waals surface area contributed by atoms with E-state index in [0.717, 1.165) is 5.56 Å². The molecule has 0 radical (unpaired) electrons. The first-order chi connectivity index (χ1) is 16.4. The number of ether oxygens (including phenoxy) is 1. The molecule has 2 aromatic carbocycles. The van der Waals surface area contributed by atoms with Gasteiger partial charge in [-0.1, -0.05) is 43.0 Å². The van der Waals surface area contributed by atoms with Crippen molar-refractivity contribution in [3.63, 3.8) is 0 Å². The highest BCUT2D eigenvalue weighted by atomic mass is 32.2. The van der Waals surface area contributed by atoms with Crippen LogP contribution in [0.15, 0.2) is 75.9 Å². The summed E-state index contributed by atoms with van der Waals surface area (Å²) in [6.07, 6.45) is 0.510. The molecular weight excluding hydrogens is 460 g/mol. The number of allylic oxidation sites excluding steroid dienone is 1. The van der Waals surface area contributed by atoms with E-state index in [4.69, 9.17) is 4.74 Å². The Balaban J connectivity index is 1.61. The van der Waals surface area contributed by atoms with Gasteiger partial charge in [0.15, 0.2) is 5.17 Å². The Morgan fingerprint density at radius 2 is 1.91 bits per heavy atom. The lowest BCUT2D eigenvalue weighted by Gasteiger charge is -2.36. The summed E-state index contributed by atoms with van der Waals surface area (Å²) >= 11 is 1.35. The van der Waals surface area contributed by atoms with Crippen LogP contribution in [0.2, 0.25) is 0 Å². The van der Waals surface area contributed by atoms with Crippen molar-refractivity contribution in [2.24, 2.45) is 4.99 Å². The molecule has 1 N–H and O–H groups in total. The van der Waals surface area contributed by atoms with Crippen LogP contribution in [0, 0.1) is 11.6 Å². The molecule has 2 heterocycles. The lowest BCUT2D eigenvalue weighted by molar-refractivity contribution is -0.136. The molecule has 0 bridgehead atoms. The number of nitrogens with zero attached hydrogens (tertiary/aromatic N) is 2. The molecule has 1 atom stereocenters. The number of amides is 1. The molecule has 1 amide bonds. The number of nitrogens with one attached hydrogen (secondary N) is 1. The number of benzene rings is 2. The maximum Gasteiger partial charge on any atom is 0.338 e. The number of fused-ring (bicyclic) bond motifs is 1. The monoisotopic (exact) mass is 483 g/mol. The van der Waals surface area contributed by atoms with Gasteiger partial charge in [-0.25, -0.2) is 18.6 Å². The van der Waals surface area contributed by atoms with Gasteiger partial charge in [0.05, 0.1) is 30.8 Å². The molecule has 2 aliphatic rings. The van der Waals surface area contributed by atoms with Gasteiger partial charge in [0, 0.05) is 12.2 Å². The summed E-state index contributed by atoms with van der Waals surface area (Å²) in [7, 11) is 1.29. The first kappa shape index (κ1) is 23.7. The maximum atomic E-state index is 14.2. The number of methoxy groups -OCH3 is 1. The number of esters is 1. The van der Waals surface area contributed by atoms with Gasteiger partial charge in [-0.3, -0.25) is 4.79 Å². The minimum atomic E-state index is -0.684. The average Bonchev–Trinajstić information content (AvgIpc) is 3.24. The van der Waals surface area contributed by atoms with Crippen molar-refractivity contribution in [3.05, 3.63) is 93.7 Å². The van der Waals surface area contributed by atoms with E-state index in [0.29, 0.717) is 34.1 Å². The number of hydrogen-bond acceptors (Lipinski definition) is 6. The zero-order valence-corrected chi connectivity index (χ0v) is 19.5. The Kier molecular flexibility index (Phi) is 7.12. The second-order valence-corrected chi connectivity index (χ2v) is 8.57. The number of rotatable bonds is 7. The predicted molar refractivity (Wildman–Crippen MR) is 126 cm³/mol. The molecule has 0 fully saturated rings. The highest BCUT2D eigenvalue weighted by Crippen LogP contribution is 2.45. The lowest BCUT2D eigenvalue weighted by Crippen LogP contribution is -2.38. The van der Waals surface area contributed by atoms with E-state index in [-0.39, 0.29) is 24.7 Å². The first-order valence-corrected chi connectivity index (χ1v) is 11.6. The first-order valence-electron chi connectivity index (χ1n) is 10.7. The number of hydrogen-bond donors (Lipinski definition) is 1. The van der Waals surface area contributed by atoms with E-state index in [9.17, 15) is 18.4 Å². The fourth-order valence-corrected chi connectivity index (χ4v) is 4.87. The number of amidine groups is 1. The lowest BCUT2D eigenvalue weighted by atomic mass is 9.93. The minimum Gasteiger partial charge on any atom is -0.466 e. The summed E-state index contributed by atoms with van der Waals surface area (Å²) < 4.78 is 32.3. The highest BCUT2D eigenvalue weighted by Gasteiger charge is 2.41. The van der Waals surface area contributed by atoms with Crippen LogP contribution < -0.4 is 5.32 Å². The average molecular weight is 484 g/mol. The molecule has 4 rings (SSSR count). The van der Waals surface area contributed by atoms with Gasteiger partial charge in [-0.15, -0.1) is 0 Å². The fourth-order valence-electron chi connectivity index (χ4n) is 3.93. The van der Waals surface area contributed by atoms with Crippen molar-refractivity contribution >= 4 is 28.8 Å². The molecule has 0 aliphatic carbocycles. The second-order valence-electron chi connectivity index (χ2n) is 7.73. The molecule has 2 aromatic rings. The third kappa shape index (κ3) is 4.89.